The summed E-state index contributed by atoms with van der Waals surface area (Å²) in [5, 5.41) is 14.9. The van der Waals surface area contributed by atoms with Crippen molar-refractivity contribution >= 4 is 22.7 Å². The van der Waals surface area contributed by atoms with Gasteiger partial charge in [-0.25, -0.2) is 0 Å². The summed E-state index contributed by atoms with van der Waals surface area (Å²) >= 11 is 0. The molecule has 0 aliphatic carbocycles. The topological polar surface area (TPSA) is 124 Å². The molecule has 10 nitrogen and oxygen atoms in total. The summed E-state index contributed by atoms with van der Waals surface area (Å²) in [6.45, 7) is 9.73. The number of nitrogens with one attached hydrogen (secondary N) is 2. The molecule has 3 heterocycles. The number of carbonyl (C=O) groups excluding carboxylic acids is 2. The monoisotopic (exact) mass is 468 g/mol. The normalized spacial score (nSPS) is 15.9. The van der Waals surface area contributed by atoms with Crippen LogP contribution in [-0.4, -0.2) is 51.0 Å². The van der Waals surface area contributed by atoms with Gasteiger partial charge in [-0.1, -0.05) is 44.1 Å². The second-order valence-electron chi connectivity index (χ2n) is 9.82. The molecule has 34 heavy (non-hydrogen) atoms. The molecule has 2 aromatic heterocycles. The van der Waals surface area contributed by atoms with Gasteiger partial charge in [0.1, 0.15) is 6.04 Å². The minimum Gasteiger partial charge on any atom is -0.381 e. The number of ether oxygens (including phenoxy) is 1. The molecule has 182 valence electrons. The van der Waals surface area contributed by atoms with E-state index in [0.717, 1.165) is 43.5 Å². The Balaban J connectivity index is 1.53. The fraction of sp³-hybridized carbons (Fsp3) is 0.542. The van der Waals surface area contributed by atoms with Crippen LogP contribution in [0.5, 0.6) is 0 Å². The highest BCUT2D eigenvalue weighted by Crippen LogP contribution is 2.24. The number of benzene rings is 1. The minimum absolute atomic E-state index is 0.112. The van der Waals surface area contributed by atoms with Crippen LogP contribution >= 0.6 is 0 Å². The highest BCUT2D eigenvalue weighted by molar-refractivity contribution is 6.06. The van der Waals surface area contributed by atoms with Gasteiger partial charge in [-0.15, -0.1) is 0 Å². The second-order valence-corrected chi connectivity index (χ2v) is 9.82. The number of aromatic nitrogens is 4. The first kappa shape index (κ1) is 23.9. The Kier molecular flexibility index (Phi) is 6.97. The fourth-order valence-electron chi connectivity index (χ4n) is 4.16. The lowest BCUT2D eigenvalue weighted by molar-refractivity contribution is -0.125. The average molecular weight is 469 g/mol. The van der Waals surface area contributed by atoms with E-state index in [-0.39, 0.29) is 18.4 Å². The lowest BCUT2D eigenvalue weighted by atomic mass is 9.86. The average Bonchev–Trinajstić information content (AvgIpc) is 3.39. The number of hydrogen-bond acceptors (Lipinski definition) is 7. The summed E-state index contributed by atoms with van der Waals surface area (Å²) in [6.07, 6.45) is 1.95. The Labute approximate surface area is 198 Å². The Morgan fingerprint density at radius 3 is 2.62 bits per heavy atom. The maximum absolute atomic E-state index is 13.4. The van der Waals surface area contributed by atoms with Crippen molar-refractivity contribution in [2.45, 2.75) is 59.7 Å². The Hall–Kier alpha value is -3.27. The summed E-state index contributed by atoms with van der Waals surface area (Å²) in [5.41, 5.74) is 0.690. The number of carbonyl (C=O) groups is 2. The van der Waals surface area contributed by atoms with Crippen LogP contribution in [-0.2, 0) is 22.6 Å². The van der Waals surface area contributed by atoms with E-state index in [1.54, 1.807) is 6.92 Å². The lowest BCUT2D eigenvalue weighted by Gasteiger charge is -2.30. The third-order valence-corrected chi connectivity index (χ3v) is 6.04. The number of amides is 2. The lowest BCUT2D eigenvalue weighted by Crippen LogP contribution is -2.53. The highest BCUT2D eigenvalue weighted by Gasteiger charge is 2.34. The van der Waals surface area contributed by atoms with Crippen molar-refractivity contribution < 1.29 is 18.8 Å². The molecule has 1 aromatic carbocycles. The summed E-state index contributed by atoms with van der Waals surface area (Å²) < 4.78 is 12.3. The van der Waals surface area contributed by atoms with Crippen molar-refractivity contribution in [2.75, 3.05) is 13.2 Å². The Bertz CT molecular complexity index is 1160. The number of fused-ring (bicyclic) bond motifs is 1. The van der Waals surface area contributed by atoms with Crippen LogP contribution in [0.2, 0.25) is 0 Å². The van der Waals surface area contributed by atoms with E-state index < -0.39 is 11.5 Å². The maximum Gasteiger partial charge on any atom is 0.273 e. The Morgan fingerprint density at radius 1 is 1.21 bits per heavy atom. The van der Waals surface area contributed by atoms with Gasteiger partial charge in [0.25, 0.3) is 5.91 Å². The van der Waals surface area contributed by atoms with Crippen LogP contribution in [0.25, 0.3) is 10.9 Å². The van der Waals surface area contributed by atoms with Gasteiger partial charge in [0.05, 0.1) is 12.1 Å². The van der Waals surface area contributed by atoms with E-state index in [1.165, 1.54) is 0 Å². The predicted octanol–water partition coefficient (Wildman–Crippen LogP) is 2.62. The number of hydrogen-bond donors (Lipinski definition) is 2. The zero-order chi connectivity index (χ0) is 24.3. The third kappa shape index (κ3) is 5.44. The fourth-order valence-corrected chi connectivity index (χ4v) is 4.16. The molecule has 2 N–H and O–H groups in total. The van der Waals surface area contributed by atoms with Crippen LogP contribution in [0.3, 0.4) is 0 Å². The van der Waals surface area contributed by atoms with E-state index in [1.807, 2.05) is 49.7 Å². The van der Waals surface area contributed by atoms with Crippen LogP contribution in [0.4, 0.5) is 0 Å². The second kappa shape index (κ2) is 9.92. The molecule has 0 saturated carbocycles. The first-order chi connectivity index (χ1) is 16.2. The zero-order valence-electron chi connectivity index (χ0n) is 20.1. The predicted molar refractivity (Wildman–Crippen MR) is 125 cm³/mol. The molecule has 10 heteroatoms. The van der Waals surface area contributed by atoms with E-state index in [2.05, 4.69) is 25.9 Å². The molecule has 1 aliphatic rings. The van der Waals surface area contributed by atoms with Crippen molar-refractivity contribution in [1.29, 1.82) is 0 Å². The van der Waals surface area contributed by atoms with Gasteiger partial charge in [0, 0.05) is 32.1 Å². The van der Waals surface area contributed by atoms with Crippen molar-refractivity contribution in [3.05, 3.63) is 41.7 Å². The number of para-hydroxylation sites is 1. The number of nitrogens with zero attached hydrogens (tertiary/aromatic N) is 4. The van der Waals surface area contributed by atoms with Gasteiger partial charge in [-0.3, -0.25) is 14.3 Å². The molecule has 1 atom stereocenters. The quantitative estimate of drug-likeness (QED) is 0.546. The van der Waals surface area contributed by atoms with Crippen LogP contribution in [0.1, 0.15) is 55.8 Å². The molecule has 1 saturated heterocycles. The van der Waals surface area contributed by atoms with Gasteiger partial charge in [0.2, 0.25) is 11.8 Å². The van der Waals surface area contributed by atoms with Crippen LogP contribution in [0, 0.1) is 18.3 Å². The summed E-state index contributed by atoms with van der Waals surface area (Å²) in [4.78, 5) is 30.5. The van der Waals surface area contributed by atoms with E-state index in [9.17, 15) is 9.59 Å². The molecule has 0 bridgehead atoms. The standard InChI is InChI=1S/C24H32N6O4/c1-15-26-19(29-34-15)13-25-23(32)21(24(2,3)4)27-22(31)20-17-7-5-6-8-18(17)30(28-20)14-16-9-11-33-12-10-16/h5-8,16,21H,9-14H2,1-4H3,(H,25,32)(H,27,31)/t21-/m1/s1. The molecular formula is C24H32N6O4. The highest BCUT2D eigenvalue weighted by atomic mass is 16.5. The molecule has 1 fully saturated rings. The van der Waals surface area contributed by atoms with Crippen molar-refractivity contribution in [3.63, 3.8) is 0 Å². The molecule has 0 unspecified atom stereocenters. The molecule has 4 rings (SSSR count). The van der Waals surface area contributed by atoms with Gasteiger partial charge >= 0.3 is 0 Å². The Morgan fingerprint density at radius 2 is 1.94 bits per heavy atom. The summed E-state index contributed by atoms with van der Waals surface area (Å²) in [5.74, 6) is 0.548. The first-order valence-electron chi connectivity index (χ1n) is 11.6. The third-order valence-electron chi connectivity index (χ3n) is 6.04. The van der Waals surface area contributed by atoms with Gasteiger partial charge < -0.3 is 19.9 Å². The van der Waals surface area contributed by atoms with E-state index in [0.29, 0.717) is 23.3 Å². The molecule has 0 spiro atoms. The van der Waals surface area contributed by atoms with Gasteiger partial charge in [-0.2, -0.15) is 10.1 Å². The SMILES string of the molecule is Cc1nc(CNC(=O)[C@@H](NC(=O)c2nn(CC3CCOCC3)c3ccccc23)C(C)(C)C)no1. The van der Waals surface area contributed by atoms with Gasteiger partial charge in [0.15, 0.2) is 11.5 Å². The van der Waals surface area contributed by atoms with Crippen LogP contribution in [0.15, 0.2) is 28.8 Å². The van der Waals surface area contributed by atoms with E-state index in [4.69, 9.17) is 9.26 Å². The van der Waals surface area contributed by atoms with Crippen molar-refractivity contribution in [2.24, 2.45) is 11.3 Å². The van der Waals surface area contributed by atoms with Gasteiger partial charge in [-0.05, 0) is 30.2 Å². The molecule has 1 aliphatic heterocycles. The zero-order valence-corrected chi connectivity index (χ0v) is 20.1. The smallest absolute Gasteiger partial charge is 0.273 e. The maximum atomic E-state index is 13.4. The number of rotatable bonds is 7. The molecule has 2 amide bonds. The molecule has 3 aromatic rings. The largest absolute Gasteiger partial charge is 0.381 e. The van der Waals surface area contributed by atoms with Crippen molar-refractivity contribution in [3.8, 4) is 0 Å². The summed E-state index contributed by atoms with van der Waals surface area (Å²) in [6, 6.07) is 6.91. The van der Waals surface area contributed by atoms with E-state index >= 15 is 0 Å². The van der Waals surface area contributed by atoms with Crippen LogP contribution < -0.4 is 10.6 Å². The first-order valence-corrected chi connectivity index (χ1v) is 11.6. The summed E-state index contributed by atoms with van der Waals surface area (Å²) in [7, 11) is 0. The van der Waals surface area contributed by atoms with Crippen molar-refractivity contribution in [1.82, 2.24) is 30.6 Å². The molecule has 0 radical (unpaired) electrons. The molecular weight excluding hydrogens is 436 g/mol. The minimum atomic E-state index is -0.785. The number of aryl methyl sites for hydroxylation is 1.